The van der Waals surface area contributed by atoms with Gasteiger partial charge in [0.05, 0.1) is 6.04 Å². The second kappa shape index (κ2) is 8.72. The lowest BCUT2D eigenvalue weighted by molar-refractivity contribution is -0.121. The van der Waals surface area contributed by atoms with Crippen molar-refractivity contribution in [2.24, 2.45) is 11.7 Å². The summed E-state index contributed by atoms with van der Waals surface area (Å²) in [6, 6.07) is -0.383. The van der Waals surface area contributed by atoms with E-state index in [1.165, 1.54) is 25.7 Å². The highest BCUT2D eigenvalue weighted by atomic mass is 16.2. The van der Waals surface area contributed by atoms with Gasteiger partial charge in [0.25, 0.3) is 0 Å². The number of nitrogens with one attached hydrogen (secondary N) is 1. The Hall–Kier alpha value is -0.570. The molecule has 0 aromatic carbocycles. The van der Waals surface area contributed by atoms with Crippen LogP contribution in [0, 0.1) is 5.92 Å². The molecule has 15 heavy (non-hydrogen) atoms. The molecule has 0 bridgehead atoms. The lowest BCUT2D eigenvalue weighted by atomic mass is 10.0. The summed E-state index contributed by atoms with van der Waals surface area (Å²) < 4.78 is 0. The van der Waals surface area contributed by atoms with Gasteiger partial charge in [-0.2, -0.15) is 0 Å². The average molecular weight is 214 g/mol. The second-order valence-corrected chi connectivity index (χ2v) is 4.68. The van der Waals surface area contributed by atoms with Crippen LogP contribution < -0.4 is 11.1 Å². The van der Waals surface area contributed by atoms with Gasteiger partial charge in [-0.05, 0) is 19.3 Å². The highest BCUT2D eigenvalue weighted by Gasteiger charge is 2.04. The quantitative estimate of drug-likeness (QED) is 0.608. The minimum Gasteiger partial charge on any atom is -0.355 e. The van der Waals surface area contributed by atoms with Gasteiger partial charge in [0, 0.05) is 6.54 Å². The van der Waals surface area contributed by atoms with Crippen LogP contribution in [0.15, 0.2) is 0 Å². The Labute approximate surface area is 93.8 Å². The fourth-order valence-corrected chi connectivity index (χ4v) is 1.40. The molecule has 3 nitrogen and oxygen atoms in total. The van der Waals surface area contributed by atoms with E-state index >= 15 is 0 Å². The van der Waals surface area contributed by atoms with Crippen LogP contribution in [0.4, 0.5) is 0 Å². The van der Waals surface area contributed by atoms with Gasteiger partial charge >= 0.3 is 0 Å². The van der Waals surface area contributed by atoms with Crippen molar-refractivity contribution < 1.29 is 4.79 Å². The highest BCUT2D eigenvalue weighted by Crippen LogP contribution is 2.08. The molecule has 3 heteroatoms. The Morgan fingerprint density at radius 3 is 2.27 bits per heavy atom. The lowest BCUT2D eigenvalue weighted by Crippen LogP contribution is -2.38. The number of nitrogens with two attached hydrogens (primary N) is 1. The Morgan fingerprint density at radius 2 is 1.73 bits per heavy atom. The molecule has 0 aromatic heterocycles. The number of rotatable bonds is 8. The molecular formula is C12H26N2O. The van der Waals surface area contributed by atoms with E-state index in [4.69, 9.17) is 5.73 Å². The lowest BCUT2D eigenvalue weighted by Gasteiger charge is -2.07. The minimum atomic E-state index is -0.383. The molecule has 0 saturated carbocycles. The standard InChI is InChI=1S/C12H26N2O/c1-10(2)8-6-4-5-7-9-14-12(15)11(3)13/h10-11H,4-9,13H2,1-3H3,(H,14,15). The van der Waals surface area contributed by atoms with Gasteiger partial charge < -0.3 is 11.1 Å². The molecule has 1 unspecified atom stereocenters. The molecule has 0 saturated heterocycles. The van der Waals surface area contributed by atoms with Crippen molar-refractivity contribution in [3.63, 3.8) is 0 Å². The van der Waals surface area contributed by atoms with Crippen LogP contribution in [0.1, 0.15) is 52.9 Å². The number of carbonyl (C=O) groups excluding carboxylic acids is 1. The Balaban J connectivity index is 3.15. The molecule has 0 heterocycles. The maximum absolute atomic E-state index is 11.1. The number of amides is 1. The maximum atomic E-state index is 11.1. The number of hydrogen-bond acceptors (Lipinski definition) is 2. The third kappa shape index (κ3) is 9.73. The van der Waals surface area contributed by atoms with Gasteiger partial charge in [0.1, 0.15) is 0 Å². The van der Waals surface area contributed by atoms with E-state index in [9.17, 15) is 4.79 Å². The molecule has 0 aliphatic heterocycles. The van der Waals surface area contributed by atoms with Crippen molar-refractivity contribution in [2.45, 2.75) is 58.9 Å². The minimum absolute atomic E-state index is 0.0443. The smallest absolute Gasteiger partial charge is 0.236 e. The van der Waals surface area contributed by atoms with Crippen LogP contribution in [0.25, 0.3) is 0 Å². The average Bonchev–Trinajstić information content (AvgIpc) is 2.15. The molecule has 0 aliphatic rings. The van der Waals surface area contributed by atoms with Crippen LogP contribution >= 0.6 is 0 Å². The zero-order valence-electron chi connectivity index (χ0n) is 10.4. The molecule has 0 radical (unpaired) electrons. The first-order chi connectivity index (χ1) is 7.04. The van der Waals surface area contributed by atoms with Crippen molar-refractivity contribution in [2.75, 3.05) is 6.54 Å². The summed E-state index contributed by atoms with van der Waals surface area (Å²) in [5.74, 6) is 0.764. The predicted molar refractivity (Wildman–Crippen MR) is 64.6 cm³/mol. The summed E-state index contributed by atoms with van der Waals surface area (Å²) in [6.07, 6.45) is 6.15. The Morgan fingerprint density at radius 1 is 1.13 bits per heavy atom. The summed E-state index contributed by atoms with van der Waals surface area (Å²) in [4.78, 5) is 11.1. The van der Waals surface area contributed by atoms with E-state index in [-0.39, 0.29) is 11.9 Å². The van der Waals surface area contributed by atoms with Crippen molar-refractivity contribution in [1.29, 1.82) is 0 Å². The largest absolute Gasteiger partial charge is 0.355 e. The molecule has 0 fully saturated rings. The zero-order chi connectivity index (χ0) is 11.7. The van der Waals surface area contributed by atoms with Gasteiger partial charge in [-0.15, -0.1) is 0 Å². The molecule has 0 aliphatic carbocycles. The van der Waals surface area contributed by atoms with Crippen LogP contribution in [0.2, 0.25) is 0 Å². The number of unbranched alkanes of at least 4 members (excludes halogenated alkanes) is 3. The summed E-state index contributed by atoms with van der Waals surface area (Å²) in [5.41, 5.74) is 5.42. The fraction of sp³-hybridized carbons (Fsp3) is 0.917. The topological polar surface area (TPSA) is 55.1 Å². The van der Waals surface area contributed by atoms with Crippen LogP contribution in [0.5, 0.6) is 0 Å². The summed E-state index contributed by atoms with van der Waals surface area (Å²) in [6.45, 7) is 6.98. The van der Waals surface area contributed by atoms with Crippen molar-refractivity contribution in [3.05, 3.63) is 0 Å². The van der Waals surface area contributed by atoms with E-state index < -0.39 is 0 Å². The highest BCUT2D eigenvalue weighted by molar-refractivity contribution is 5.80. The van der Waals surface area contributed by atoms with Gasteiger partial charge in [0.15, 0.2) is 0 Å². The summed E-state index contributed by atoms with van der Waals surface area (Å²) in [5, 5.41) is 2.82. The molecule has 90 valence electrons. The van der Waals surface area contributed by atoms with Crippen molar-refractivity contribution in [1.82, 2.24) is 5.32 Å². The molecule has 3 N–H and O–H groups in total. The summed E-state index contributed by atoms with van der Waals surface area (Å²) in [7, 11) is 0. The zero-order valence-corrected chi connectivity index (χ0v) is 10.4. The Bertz CT molecular complexity index is 167. The van der Waals surface area contributed by atoms with Crippen molar-refractivity contribution in [3.8, 4) is 0 Å². The normalized spacial score (nSPS) is 12.9. The van der Waals surface area contributed by atoms with E-state index in [0.29, 0.717) is 0 Å². The fourth-order valence-electron chi connectivity index (χ4n) is 1.40. The third-order valence-corrected chi connectivity index (χ3v) is 2.42. The first-order valence-electron chi connectivity index (χ1n) is 6.07. The first-order valence-corrected chi connectivity index (χ1v) is 6.07. The van der Waals surface area contributed by atoms with Gasteiger partial charge in [0.2, 0.25) is 5.91 Å². The molecular weight excluding hydrogens is 188 g/mol. The van der Waals surface area contributed by atoms with E-state index in [0.717, 1.165) is 18.9 Å². The number of hydrogen-bond donors (Lipinski definition) is 2. The molecule has 0 spiro atoms. The maximum Gasteiger partial charge on any atom is 0.236 e. The van der Waals surface area contributed by atoms with Crippen LogP contribution in [0.3, 0.4) is 0 Å². The third-order valence-electron chi connectivity index (χ3n) is 2.42. The van der Waals surface area contributed by atoms with Crippen molar-refractivity contribution >= 4 is 5.91 Å². The molecule has 1 amide bonds. The van der Waals surface area contributed by atoms with E-state index in [1.54, 1.807) is 6.92 Å². The van der Waals surface area contributed by atoms with Gasteiger partial charge in [-0.1, -0.05) is 39.5 Å². The van der Waals surface area contributed by atoms with Crippen LogP contribution in [-0.2, 0) is 4.79 Å². The van der Waals surface area contributed by atoms with E-state index in [1.807, 2.05) is 0 Å². The predicted octanol–water partition coefficient (Wildman–Crippen LogP) is 2.06. The monoisotopic (exact) mass is 214 g/mol. The molecule has 0 rings (SSSR count). The SMILES string of the molecule is CC(C)CCCCCCNC(=O)C(C)N. The van der Waals surface area contributed by atoms with Gasteiger partial charge in [-0.25, -0.2) is 0 Å². The number of carbonyl (C=O) groups is 1. The molecule has 0 aromatic rings. The summed E-state index contributed by atoms with van der Waals surface area (Å²) >= 11 is 0. The van der Waals surface area contributed by atoms with E-state index in [2.05, 4.69) is 19.2 Å². The Kier molecular flexibility index (Phi) is 8.38. The second-order valence-electron chi connectivity index (χ2n) is 4.68. The van der Waals surface area contributed by atoms with Crippen LogP contribution in [-0.4, -0.2) is 18.5 Å². The molecule has 1 atom stereocenters. The first kappa shape index (κ1) is 14.4. The van der Waals surface area contributed by atoms with Gasteiger partial charge in [-0.3, -0.25) is 4.79 Å².